The minimum atomic E-state index is 0.218. The van der Waals surface area contributed by atoms with E-state index < -0.39 is 0 Å². The predicted molar refractivity (Wildman–Crippen MR) is 114 cm³/mol. The average molecular weight is 369 g/mol. The fraction of sp³-hybridized carbons (Fsp3) is 0.542. The van der Waals surface area contributed by atoms with E-state index in [0.29, 0.717) is 13.0 Å². The van der Waals surface area contributed by atoms with Crippen molar-refractivity contribution in [2.45, 2.75) is 85.4 Å². The Hall–Kier alpha value is -2.03. The molecule has 0 atom stereocenters. The van der Waals surface area contributed by atoms with Crippen LogP contribution < -0.4 is 0 Å². The van der Waals surface area contributed by atoms with Gasteiger partial charge in [0.1, 0.15) is 0 Å². The van der Waals surface area contributed by atoms with Crippen molar-refractivity contribution >= 4 is 5.91 Å². The first-order chi connectivity index (χ1) is 13.0. The van der Waals surface area contributed by atoms with E-state index in [1.165, 1.54) is 36.1 Å². The molecule has 148 valence electrons. The summed E-state index contributed by atoms with van der Waals surface area (Å²) in [6.45, 7) is 10.1. The first-order valence-corrected chi connectivity index (χ1v) is 10.5. The number of rotatable bonds is 11. The van der Waals surface area contributed by atoms with E-state index in [0.717, 1.165) is 19.4 Å². The van der Waals surface area contributed by atoms with Crippen molar-refractivity contribution in [2.24, 2.45) is 0 Å². The monoisotopic (exact) mass is 368 g/mol. The fourth-order valence-corrected chi connectivity index (χ4v) is 3.51. The van der Waals surface area contributed by atoms with Gasteiger partial charge in [0.2, 0.25) is 5.91 Å². The topological polar surface area (TPSA) is 25.2 Å². The highest BCUT2D eigenvalue weighted by Gasteiger charge is 2.18. The highest BCUT2D eigenvalue weighted by molar-refractivity contribution is 5.76. The lowest BCUT2D eigenvalue weighted by atomic mass is 10.1. The molecule has 0 saturated carbocycles. The van der Waals surface area contributed by atoms with Crippen molar-refractivity contribution in [2.75, 3.05) is 0 Å². The molecule has 2 rings (SSSR count). The SMILES string of the molecule is CCCCCCCC(=O)N(Cc1cccn1Cc1cccc(C)c1)C(C)C. The molecule has 0 aliphatic carbocycles. The van der Waals surface area contributed by atoms with E-state index in [4.69, 9.17) is 0 Å². The molecule has 1 aromatic heterocycles. The van der Waals surface area contributed by atoms with Crippen LogP contribution >= 0.6 is 0 Å². The standard InChI is InChI=1S/C24H36N2O/c1-5-6-7-8-9-15-24(27)26(20(2)3)19-23-14-11-16-25(23)18-22-13-10-12-21(4)17-22/h10-14,16-17,20H,5-9,15,18-19H2,1-4H3. The average Bonchev–Trinajstić information content (AvgIpc) is 3.06. The van der Waals surface area contributed by atoms with Crippen molar-refractivity contribution in [3.05, 3.63) is 59.4 Å². The van der Waals surface area contributed by atoms with Crippen LogP contribution in [0.5, 0.6) is 0 Å². The lowest BCUT2D eigenvalue weighted by molar-refractivity contribution is -0.133. The summed E-state index contributed by atoms with van der Waals surface area (Å²) in [6, 6.07) is 13.1. The Morgan fingerprint density at radius 3 is 2.56 bits per heavy atom. The summed E-state index contributed by atoms with van der Waals surface area (Å²) in [7, 11) is 0. The number of benzene rings is 1. The van der Waals surface area contributed by atoms with Gasteiger partial charge in [-0.25, -0.2) is 0 Å². The van der Waals surface area contributed by atoms with Crippen LogP contribution in [0, 0.1) is 6.92 Å². The van der Waals surface area contributed by atoms with Gasteiger partial charge in [-0.15, -0.1) is 0 Å². The normalized spacial score (nSPS) is 11.1. The minimum Gasteiger partial charge on any atom is -0.345 e. The molecule has 3 heteroatoms. The summed E-state index contributed by atoms with van der Waals surface area (Å²) >= 11 is 0. The second-order valence-corrected chi connectivity index (χ2v) is 7.90. The van der Waals surface area contributed by atoms with Crippen molar-refractivity contribution in [1.82, 2.24) is 9.47 Å². The van der Waals surface area contributed by atoms with Gasteiger partial charge in [-0.1, -0.05) is 62.4 Å². The third-order valence-corrected chi connectivity index (χ3v) is 5.13. The van der Waals surface area contributed by atoms with E-state index in [-0.39, 0.29) is 11.9 Å². The lowest BCUT2D eigenvalue weighted by Gasteiger charge is -2.27. The van der Waals surface area contributed by atoms with Gasteiger partial charge in [0.15, 0.2) is 0 Å². The van der Waals surface area contributed by atoms with E-state index >= 15 is 0 Å². The van der Waals surface area contributed by atoms with E-state index in [2.05, 4.69) is 74.9 Å². The van der Waals surface area contributed by atoms with Crippen LogP contribution in [0.3, 0.4) is 0 Å². The predicted octanol–water partition coefficient (Wildman–Crippen LogP) is 5.94. The molecule has 0 aliphatic heterocycles. The molecule has 27 heavy (non-hydrogen) atoms. The highest BCUT2D eigenvalue weighted by Crippen LogP contribution is 2.15. The number of amides is 1. The molecule has 0 fully saturated rings. The molecule has 0 saturated heterocycles. The molecule has 0 aliphatic rings. The van der Waals surface area contributed by atoms with Gasteiger partial charge in [-0.3, -0.25) is 4.79 Å². The number of aromatic nitrogens is 1. The maximum Gasteiger partial charge on any atom is 0.223 e. The Bertz CT molecular complexity index is 702. The Morgan fingerprint density at radius 2 is 1.85 bits per heavy atom. The quantitative estimate of drug-likeness (QED) is 0.450. The molecule has 2 aromatic rings. The smallest absolute Gasteiger partial charge is 0.223 e. The number of nitrogens with zero attached hydrogens (tertiary/aromatic N) is 2. The molecule has 0 N–H and O–H groups in total. The number of hydrogen-bond donors (Lipinski definition) is 0. The van der Waals surface area contributed by atoms with Gasteiger partial charge in [0.25, 0.3) is 0 Å². The maximum atomic E-state index is 12.8. The van der Waals surface area contributed by atoms with E-state index in [1.807, 2.05) is 4.90 Å². The third kappa shape index (κ3) is 6.89. The van der Waals surface area contributed by atoms with Gasteiger partial charge in [0.05, 0.1) is 6.54 Å². The molecule has 0 spiro atoms. The molecule has 3 nitrogen and oxygen atoms in total. The Labute approximate surface area is 165 Å². The minimum absolute atomic E-state index is 0.218. The number of carbonyl (C=O) groups is 1. The number of hydrogen-bond acceptors (Lipinski definition) is 1. The van der Waals surface area contributed by atoms with Crippen LogP contribution in [0.25, 0.3) is 0 Å². The third-order valence-electron chi connectivity index (χ3n) is 5.13. The van der Waals surface area contributed by atoms with Crippen LogP contribution in [0.15, 0.2) is 42.6 Å². The zero-order chi connectivity index (χ0) is 19.6. The number of carbonyl (C=O) groups excluding carboxylic acids is 1. The van der Waals surface area contributed by atoms with Crippen LogP contribution in [-0.2, 0) is 17.9 Å². The molecule has 0 bridgehead atoms. The van der Waals surface area contributed by atoms with E-state index in [9.17, 15) is 4.79 Å². The van der Waals surface area contributed by atoms with Crippen LogP contribution in [0.2, 0.25) is 0 Å². The van der Waals surface area contributed by atoms with Crippen molar-refractivity contribution < 1.29 is 4.79 Å². The van der Waals surface area contributed by atoms with Gasteiger partial charge >= 0.3 is 0 Å². The summed E-state index contributed by atoms with van der Waals surface area (Å²) in [5, 5.41) is 0. The van der Waals surface area contributed by atoms with Crippen LogP contribution in [-0.4, -0.2) is 21.4 Å². The molecule has 1 aromatic carbocycles. The summed E-state index contributed by atoms with van der Waals surface area (Å²) in [5.41, 5.74) is 3.78. The molecule has 0 unspecified atom stereocenters. The van der Waals surface area contributed by atoms with Crippen LogP contribution in [0.4, 0.5) is 0 Å². The summed E-state index contributed by atoms with van der Waals surface area (Å²) in [5.74, 6) is 0.282. The van der Waals surface area contributed by atoms with Crippen LogP contribution in [0.1, 0.15) is 76.1 Å². The fourth-order valence-electron chi connectivity index (χ4n) is 3.51. The second-order valence-electron chi connectivity index (χ2n) is 7.90. The van der Waals surface area contributed by atoms with Gasteiger partial charge in [0, 0.05) is 30.9 Å². The molecule has 1 amide bonds. The second kappa shape index (κ2) is 11.0. The molecular formula is C24H36N2O. The van der Waals surface area contributed by atoms with Crippen molar-refractivity contribution in [3.63, 3.8) is 0 Å². The number of unbranched alkanes of at least 4 members (excludes halogenated alkanes) is 4. The highest BCUT2D eigenvalue weighted by atomic mass is 16.2. The largest absolute Gasteiger partial charge is 0.345 e. The lowest BCUT2D eigenvalue weighted by Crippen LogP contribution is -2.36. The molecular weight excluding hydrogens is 332 g/mol. The Balaban J connectivity index is 1.98. The van der Waals surface area contributed by atoms with Gasteiger partial charge in [-0.05, 0) is 44.9 Å². The summed E-state index contributed by atoms with van der Waals surface area (Å²) in [6.07, 6.45) is 8.71. The maximum absolute atomic E-state index is 12.8. The summed E-state index contributed by atoms with van der Waals surface area (Å²) < 4.78 is 2.26. The van der Waals surface area contributed by atoms with Gasteiger partial charge < -0.3 is 9.47 Å². The van der Waals surface area contributed by atoms with Crippen molar-refractivity contribution in [3.8, 4) is 0 Å². The van der Waals surface area contributed by atoms with Gasteiger partial charge in [-0.2, -0.15) is 0 Å². The zero-order valence-electron chi connectivity index (χ0n) is 17.6. The Kier molecular flexibility index (Phi) is 8.63. The molecule has 1 heterocycles. The van der Waals surface area contributed by atoms with Crippen molar-refractivity contribution in [1.29, 1.82) is 0 Å². The zero-order valence-corrected chi connectivity index (χ0v) is 17.6. The Morgan fingerprint density at radius 1 is 1.07 bits per heavy atom. The number of aryl methyl sites for hydroxylation is 1. The molecule has 0 radical (unpaired) electrons. The summed E-state index contributed by atoms with van der Waals surface area (Å²) in [4.78, 5) is 14.8. The van der Waals surface area contributed by atoms with E-state index in [1.54, 1.807) is 0 Å². The first-order valence-electron chi connectivity index (χ1n) is 10.5. The first kappa shape index (κ1) is 21.3.